The number of benzene rings is 2. The van der Waals surface area contributed by atoms with E-state index in [1.807, 2.05) is 12.3 Å². The zero-order valence-electron chi connectivity index (χ0n) is 25.0. The molecule has 2 aromatic carbocycles. The molecule has 4 nitrogen and oxygen atoms in total. The van der Waals surface area contributed by atoms with Crippen molar-refractivity contribution in [3.8, 4) is 16.9 Å². The van der Waals surface area contributed by atoms with Crippen LogP contribution in [0.15, 0.2) is 54.7 Å². The van der Waals surface area contributed by atoms with Crippen LogP contribution in [0.5, 0.6) is 5.75 Å². The highest BCUT2D eigenvalue weighted by Crippen LogP contribution is 2.44. The maximum absolute atomic E-state index is 11.0. The van der Waals surface area contributed by atoms with Gasteiger partial charge in [-0.3, -0.25) is 4.98 Å². The maximum atomic E-state index is 11.0. The third-order valence-electron chi connectivity index (χ3n) is 7.81. The van der Waals surface area contributed by atoms with Gasteiger partial charge in [-0.15, -0.1) is 0 Å². The molecule has 0 amide bonds. The van der Waals surface area contributed by atoms with Crippen molar-refractivity contribution in [1.82, 2.24) is 4.98 Å². The van der Waals surface area contributed by atoms with Crippen molar-refractivity contribution in [2.45, 2.75) is 80.3 Å². The predicted molar refractivity (Wildman–Crippen MR) is 163 cm³/mol. The monoisotopic (exact) mass is 527 g/mol. The van der Waals surface area contributed by atoms with E-state index in [2.05, 4.69) is 78.8 Å². The summed E-state index contributed by atoms with van der Waals surface area (Å²) >= 11 is 0. The summed E-state index contributed by atoms with van der Waals surface area (Å²) in [5.41, 5.74) is 10.2. The number of hydrogen-bond donors (Lipinski definition) is 1. The molecule has 0 fully saturated rings. The number of methoxy groups -OCH3 is 1. The van der Waals surface area contributed by atoms with Crippen LogP contribution in [0.4, 0.5) is 0 Å². The largest absolute Gasteiger partial charge is 0.508 e. The van der Waals surface area contributed by atoms with Crippen molar-refractivity contribution in [2.24, 2.45) is 11.3 Å². The van der Waals surface area contributed by atoms with E-state index in [0.717, 1.165) is 47.1 Å². The third-order valence-corrected chi connectivity index (χ3v) is 7.81. The first-order valence-electron chi connectivity index (χ1n) is 14.1. The van der Waals surface area contributed by atoms with Crippen LogP contribution in [0, 0.1) is 18.3 Å². The number of ether oxygens (including phenoxy) is 1. The van der Waals surface area contributed by atoms with Gasteiger partial charge >= 0.3 is 0 Å². The van der Waals surface area contributed by atoms with Crippen LogP contribution in [-0.4, -0.2) is 23.5 Å². The summed E-state index contributed by atoms with van der Waals surface area (Å²) in [7, 11) is 1.73. The Hall–Kier alpha value is -3.24. The SMILES string of the molecule is CCC(C)(C)C/C(=C(\c1cccnc1C(C)OC)C(C)C)c1cc(-c2cc(O)cc(CCC=O)c2)ccc1C. The number of aldehydes is 1. The summed E-state index contributed by atoms with van der Waals surface area (Å²) in [4.78, 5) is 15.7. The maximum Gasteiger partial charge on any atom is 0.120 e. The van der Waals surface area contributed by atoms with Crippen LogP contribution >= 0.6 is 0 Å². The first-order valence-corrected chi connectivity index (χ1v) is 14.1. The average Bonchev–Trinajstić information content (AvgIpc) is 2.91. The lowest BCUT2D eigenvalue weighted by Crippen LogP contribution is -2.14. The van der Waals surface area contributed by atoms with Gasteiger partial charge in [0.15, 0.2) is 0 Å². The minimum atomic E-state index is -0.125. The fraction of sp³-hybridized carbons (Fsp3) is 0.429. The molecule has 0 aliphatic carbocycles. The first kappa shape index (κ1) is 30.3. The molecule has 0 bridgehead atoms. The molecule has 0 spiro atoms. The summed E-state index contributed by atoms with van der Waals surface area (Å²) in [6.07, 6.45) is 5.66. The number of pyridine rings is 1. The van der Waals surface area contributed by atoms with Crippen LogP contribution in [-0.2, 0) is 16.0 Å². The van der Waals surface area contributed by atoms with Gasteiger partial charge in [-0.25, -0.2) is 0 Å². The number of phenolic OH excluding ortho intramolecular Hbond substituents is 1. The Labute approximate surface area is 235 Å². The highest BCUT2D eigenvalue weighted by atomic mass is 16.5. The highest BCUT2D eigenvalue weighted by molar-refractivity contribution is 5.94. The number of rotatable bonds is 12. The van der Waals surface area contributed by atoms with Crippen molar-refractivity contribution in [1.29, 1.82) is 0 Å². The van der Waals surface area contributed by atoms with Crippen molar-refractivity contribution < 1.29 is 14.6 Å². The standard InChI is InChI=1S/C35H45NO3/c1-9-35(6,7)22-32(33(23(2)3)30-13-10-16-36-34(30)25(5)39-8)31-21-27(15-14-24(31)4)28-18-26(12-11-17-37)19-29(38)20-28/h10,13-21,23,25,38H,9,11-12,22H2,1-8H3/b33-32+. The molecular weight excluding hydrogens is 482 g/mol. The molecule has 0 aliphatic rings. The summed E-state index contributed by atoms with van der Waals surface area (Å²) in [5.74, 6) is 0.480. The molecule has 208 valence electrons. The normalized spacial score (nSPS) is 13.4. The second-order valence-corrected chi connectivity index (χ2v) is 11.7. The number of allylic oxidation sites excluding steroid dienone is 2. The average molecular weight is 528 g/mol. The van der Waals surface area contributed by atoms with Gasteiger partial charge in [-0.1, -0.05) is 65.3 Å². The zero-order chi connectivity index (χ0) is 28.7. The molecule has 0 radical (unpaired) electrons. The van der Waals surface area contributed by atoms with E-state index >= 15 is 0 Å². The van der Waals surface area contributed by atoms with Gasteiger partial charge in [-0.2, -0.15) is 0 Å². The first-order chi connectivity index (χ1) is 18.5. The van der Waals surface area contributed by atoms with Crippen LogP contribution in [0.1, 0.15) is 94.9 Å². The van der Waals surface area contributed by atoms with Crippen molar-refractivity contribution in [2.75, 3.05) is 7.11 Å². The van der Waals surface area contributed by atoms with E-state index in [4.69, 9.17) is 9.72 Å². The van der Waals surface area contributed by atoms with Gasteiger partial charge in [0.1, 0.15) is 12.0 Å². The number of carbonyl (C=O) groups excluding carboxylic acids is 1. The van der Waals surface area contributed by atoms with Crippen LogP contribution in [0.2, 0.25) is 0 Å². The summed E-state index contributed by atoms with van der Waals surface area (Å²) in [5, 5.41) is 10.5. The second kappa shape index (κ2) is 13.2. The van der Waals surface area contributed by atoms with E-state index in [-0.39, 0.29) is 23.2 Å². The fourth-order valence-corrected chi connectivity index (χ4v) is 5.18. The Kier molecular flexibility index (Phi) is 10.3. The molecule has 3 aromatic rings. The van der Waals surface area contributed by atoms with Gasteiger partial charge in [0.05, 0.1) is 11.8 Å². The number of hydrogen-bond acceptors (Lipinski definition) is 4. The fourth-order valence-electron chi connectivity index (χ4n) is 5.18. The molecule has 3 rings (SSSR count). The molecule has 0 saturated carbocycles. The smallest absolute Gasteiger partial charge is 0.120 e. The lowest BCUT2D eigenvalue weighted by atomic mass is 9.75. The molecule has 0 saturated heterocycles. The van der Waals surface area contributed by atoms with Gasteiger partial charge in [0, 0.05) is 25.3 Å². The van der Waals surface area contributed by atoms with Crippen LogP contribution < -0.4 is 0 Å². The van der Waals surface area contributed by atoms with Crippen molar-refractivity contribution in [3.63, 3.8) is 0 Å². The second-order valence-electron chi connectivity index (χ2n) is 11.7. The lowest BCUT2D eigenvalue weighted by Gasteiger charge is -2.30. The predicted octanol–water partition coefficient (Wildman–Crippen LogP) is 8.99. The molecule has 1 heterocycles. The van der Waals surface area contributed by atoms with Gasteiger partial charge < -0.3 is 14.6 Å². The van der Waals surface area contributed by atoms with E-state index in [1.165, 1.54) is 22.3 Å². The van der Waals surface area contributed by atoms with Crippen LogP contribution in [0.3, 0.4) is 0 Å². The zero-order valence-corrected chi connectivity index (χ0v) is 25.0. The molecule has 39 heavy (non-hydrogen) atoms. The minimum absolute atomic E-state index is 0.0974. The van der Waals surface area contributed by atoms with E-state index in [9.17, 15) is 9.90 Å². The number of aryl methyl sites for hydroxylation is 2. The Morgan fingerprint density at radius 2 is 1.79 bits per heavy atom. The van der Waals surface area contributed by atoms with Gasteiger partial charge in [0.25, 0.3) is 0 Å². The minimum Gasteiger partial charge on any atom is -0.508 e. The lowest BCUT2D eigenvalue weighted by molar-refractivity contribution is -0.107. The summed E-state index contributed by atoms with van der Waals surface area (Å²) < 4.78 is 5.73. The molecular formula is C35H45NO3. The number of aromatic hydroxyl groups is 1. The molecule has 4 heteroatoms. The Morgan fingerprint density at radius 1 is 1.05 bits per heavy atom. The highest BCUT2D eigenvalue weighted by Gasteiger charge is 2.26. The van der Waals surface area contributed by atoms with E-state index in [0.29, 0.717) is 12.8 Å². The third kappa shape index (κ3) is 7.45. The van der Waals surface area contributed by atoms with Crippen LogP contribution in [0.25, 0.3) is 22.3 Å². The van der Waals surface area contributed by atoms with E-state index in [1.54, 1.807) is 19.2 Å². The number of phenols is 1. The quantitative estimate of drug-likeness (QED) is 0.239. The number of aromatic nitrogens is 1. The number of nitrogens with zero attached hydrogens (tertiary/aromatic N) is 1. The van der Waals surface area contributed by atoms with Crippen molar-refractivity contribution >= 4 is 17.4 Å². The molecule has 0 aliphatic heterocycles. The summed E-state index contributed by atoms with van der Waals surface area (Å²) in [6.45, 7) is 15.7. The van der Waals surface area contributed by atoms with E-state index < -0.39 is 0 Å². The van der Waals surface area contributed by atoms with Crippen molar-refractivity contribution in [3.05, 3.63) is 82.7 Å². The number of carbonyl (C=O) groups is 1. The van der Waals surface area contributed by atoms with Gasteiger partial charge in [-0.05, 0) is 101 Å². The molecule has 1 aromatic heterocycles. The molecule has 1 unspecified atom stereocenters. The Bertz CT molecular complexity index is 1320. The summed E-state index contributed by atoms with van der Waals surface area (Å²) in [6, 6.07) is 16.4. The topological polar surface area (TPSA) is 59.4 Å². The van der Waals surface area contributed by atoms with Gasteiger partial charge in [0.2, 0.25) is 0 Å². The Balaban J connectivity index is 2.33. The Morgan fingerprint density at radius 3 is 2.44 bits per heavy atom. The molecule has 1 atom stereocenters. The molecule has 1 N–H and O–H groups in total.